The average Bonchev–Trinajstić information content (AvgIpc) is 3.66. The van der Waals surface area contributed by atoms with Crippen LogP contribution in [0.4, 0.5) is 0 Å². The Bertz CT molecular complexity index is 1810. The van der Waals surface area contributed by atoms with Gasteiger partial charge < -0.3 is 24.8 Å². The maximum absolute atomic E-state index is 3.40. The molecule has 3 heteroatoms. The van der Waals surface area contributed by atoms with Gasteiger partial charge in [0.25, 0.3) is 0 Å². The Kier molecular flexibility index (Phi) is 16.3. The monoisotopic (exact) mass is 794 g/mol. The van der Waals surface area contributed by atoms with E-state index in [4.69, 9.17) is 0 Å². The Balaban J connectivity index is 0.000000270. The van der Waals surface area contributed by atoms with Gasteiger partial charge in [-0.15, -0.1) is 39.7 Å². The number of hydrogen-bond acceptors (Lipinski definition) is 0. The van der Waals surface area contributed by atoms with Gasteiger partial charge in [-0.3, -0.25) is 6.08 Å². The third-order valence-corrected chi connectivity index (χ3v) is 10.8. The molecule has 0 radical (unpaired) electrons. The summed E-state index contributed by atoms with van der Waals surface area (Å²) in [5.74, 6) is 0.587. The zero-order valence-corrected chi connectivity index (χ0v) is 37.0. The van der Waals surface area contributed by atoms with Crippen molar-refractivity contribution in [3.05, 3.63) is 148 Å². The molecular weight excluding hydrogens is 739 g/mol. The minimum Gasteiger partial charge on any atom is -1.00 e. The van der Waals surface area contributed by atoms with Crippen molar-refractivity contribution in [2.75, 3.05) is 0 Å². The Morgan fingerprint density at radius 1 is 0.627 bits per heavy atom. The smallest absolute Gasteiger partial charge is 1.00 e. The van der Waals surface area contributed by atoms with Crippen molar-refractivity contribution in [3.63, 3.8) is 0 Å². The van der Waals surface area contributed by atoms with Crippen molar-refractivity contribution in [3.8, 4) is 0 Å². The van der Waals surface area contributed by atoms with Gasteiger partial charge in [-0.2, -0.15) is 11.6 Å². The predicted octanol–water partition coefficient (Wildman–Crippen LogP) is 7.48. The molecule has 0 N–H and O–H groups in total. The van der Waals surface area contributed by atoms with Gasteiger partial charge in [0.15, 0.2) is 0 Å². The number of allylic oxidation sites excluding steroid dienone is 4. The fraction of sp³-hybridized carbons (Fsp3) is 0.375. The first-order chi connectivity index (χ1) is 22.9. The van der Waals surface area contributed by atoms with Crippen LogP contribution in [0.1, 0.15) is 115 Å². The summed E-state index contributed by atoms with van der Waals surface area (Å²) in [5.41, 5.74) is 10.3. The molecular formula is C48H58Cl2Zr-2. The second-order valence-electron chi connectivity index (χ2n) is 16.9. The van der Waals surface area contributed by atoms with Crippen LogP contribution in [0.5, 0.6) is 0 Å². The molecule has 5 aromatic carbocycles. The number of halogens is 2. The number of hydrogen-bond donors (Lipinski definition) is 0. The van der Waals surface area contributed by atoms with Crippen LogP contribution >= 0.6 is 0 Å². The zero-order valence-electron chi connectivity index (χ0n) is 33.1. The molecule has 0 aromatic heterocycles. The van der Waals surface area contributed by atoms with Gasteiger partial charge in [0.1, 0.15) is 0 Å². The number of rotatable bonds is 4. The van der Waals surface area contributed by atoms with E-state index in [9.17, 15) is 0 Å². The second-order valence-corrected chi connectivity index (χ2v) is 18.2. The molecule has 0 spiro atoms. The summed E-state index contributed by atoms with van der Waals surface area (Å²) in [4.78, 5) is 0. The third-order valence-electron chi connectivity index (χ3n) is 9.42. The summed E-state index contributed by atoms with van der Waals surface area (Å²) in [6.07, 6.45) is 10.4. The van der Waals surface area contributed by atoms with E-state index in [0.717, 1.165) is 0 Å². The van der Waals surface area contributed by atoms with Gasteiger partial charge in [-0.1, -0.05) is 129 Å². The van der Waals surface area contributed by atoms with Gasteiger partial charge >= 0.3 is 112 Å². The summed E-state index contributed by atoms with van der Waals surface area (Å²) < 4.78 is 1.42. The molecule has 0 nitrogen and oxygen atoms in total. The van der Waals surface area contributed by atoms with E-state index < -0.39 is 0 Å². The number of fused-ring (bicyclic) bond motifs is 3. The SMILES string of the molecule is CC(C)(C)c1ccc2[cH-]c3ccc(C(C)(C)C)cc3c2c1.CCCC1[C-]=CC(C(C)(C)C)=C1.Cc1ccc([C](=[Zr+2])c2ccc(C)cc2)cc1.[Cl-].[Cl-]. The quantitative estimate of drug-likeness (QED) is 0.166. The first kappa shape index (κ1) is 44.7. The first-order valence-electron chi connectivity index (χ1n) is 18.0. The van der Waals surface area contributed by atoms with Crippen LogP contribution in [0.25, 0.3) is 21.5 Å². The molecule has 1 aliphatic rings. The molecule has 270 valence electrons. The van der Waals surface area contributed by atoms with E-state index in [2.05, 4.69) is 192 Å². The van der Waals surface area contributed by atoms with Gasteiger partial charge in [0, 0.05) is 0 Å². The predicted molar refractivity (Wildman–Crippen MR) is 214 cm³/mol. The molecule has 51 heavy (non-hydrogen) atoms. The summed E-state index contributed by atoms with van der Waals surface area (Å²) in [6, 6.07) is 33.7. The van der Waals surface area contributed by atoms with Crippen molar-refractivity contribution in [1.29, 1.82) is 0 Å². The van der Waals surface area contributed by atoms with E-state index in [1.807, 2.05) is 0 Å². The molecule has 0 aliphatic heterocycles. The van der Waals surface area contributed by atoms with E-state index >= 15 is 0 Å². The van der Waals surface area contributed by atoms with Gasteiger partial charge in [-0.05, 0) is 10.8 Å². The molecule has 0 heterocycles. The fourth-order valence-corrected chi connectivity index (χ4v) is 6.81. The summed E-state index contributed by atoms with van der Waals surface area (Å²) >= 11 is 1.46. The van der Waals surface area contributed by atoms with Crippen LogP contribution in [0, 0.1) is 31.3 Å². The molecule has 5 aromatic rings. The molecule has 1 atom stereocenters. The normalized spacial score (nSPS) is 14.1. The summed E-state index contributed by atoms with van der Waals surface area (Å²) in [5, 5.41) is 5.49. The van der Waals surface area contributed by atoms with Gasteiger partial charge in [0.05, 0.1) is 0 Å². The zero-order chi connectivity index (χ0) is 36.1. The van der Waals surface area contributed by atoms with Crippen LogP contribution in [0.3, 0.4) is 0 Å². The second kappa shape index (κ2) is 18.5. The Morgan fingerprint density at radius 2 is 1.04 bits per heavy atom. The van der Waals surface area contributed by atoms with Crippen LogP contribution in [-0.4, -0.2) is 3.21 Å². The average molecular weight is 797 g/mol. The Hall–Kier alpha value is -2.44. The van der Waals surface area contributed by atoms with Crippen LogP contribution in [0.2, 0.25) is 0 Å². The van der Waals surface area contributed by atoms with E-state index in [1.54, 1.807) is 0 Å². The van der Waals surface area contributed by atoms with Gasteiger partial charge in [0.2, 0.25) is 0 Å². The Labute approximate surface area is 337 Å². The van der Waals surface area contributed by atoms with Crippen molar-refractivity contribution in [2.24, 2.45) is 11.3 Å². The minimum absolute atomic E-state index is 0. The minimum atomic E-state index is 0. The fourth-order valence-electron chi connectivity index (χ4n) is 5.99. The maximum Gasteiger partial charge on any atom is -1.00 e. The Morgan fingerprint density at radius 3 is 1.37 bits per heavy atom. The number of aryl methyl sites for hydroxylation is 2. The maximum atomic E-state index is 3.40. The van der Waals surface area contributed by atoms with Crippen molar-refractivity contribution < 1.29 is 49.0 Å². The molecule has 1 unspecified atom stereocenters. The third kappa shape index (κ3) is 12.3. The van der Waals surface area contributed by atoms with Crippen LogP contribution in [-0.2, 0) is 35.1 Å². The topological polar surface area (TPSA) is 0 Å². The van der Waals surface area contributed by atoms with Crippen molar-refractivity contribution in [2.45, 2.75) is 107 Å². The molecule has 0 saturated carbocycles. The van der Waals surface area contributed by atoms with E-state index in [1.165, 1.54) is 101 Å². The van der Waals surface area contributed by atoms with E-state index in [-0.39, 0.29) is 35.6 Å². The summed E-state index contributed by atoms with van der Waals surface area (Å²) in [7, 11) is 0. The van der Waals surface area contributed by atoms with E-state index in [0.29, 0.717) is 11.3 Å². The van der Waals surface area contributed by atoms with Crippen molar-refractivity contribution in [1.82, 2.24) is 0 Å². The first-order valence-corrected chi connectivity index (χ1v) is 19.3. The van der Waals surface area contributed by atoms with Gasteiger partial charge in [-0.25, -0.2) is 6.08 Å². The molecule has 0 bridgehead atoms. The van der Waals surface area contributed by atoms with Crippen LogP contribution in [0.15, 0.2) is 109 Å². The molecule has 1 aliphatic carbocycles. The summed E-state index contributed by atoms with van der Waals surface area (Å²) in [6.45, 7) is 26.9. The van der Waals surface area contributed by atoms with Crippen molar-refractivity contribution >= 4 is 24.8 Å². The molecule has 0 fully saturated rings. The largest absolute Gasteiger partial charge is 1.00 e. The number of benzene rings is 4. The molecule has 0 saturated heterocycles. The molecule has 6 rings (SSSR count). The van der Waals surface area contributed by atoms with Crippen LogP contribution < -0.4 is 24.8 Å². The standard InChI is InChI=1S/C21H25.C15H14.C12H19.2ClH.Zr/c1-20(2,3)16-9-7-14-11-15-8-10-17(21(4,5)6)13-19(15)18(14)12-16;1-12-3-7-14(8-4-12)11-15-9-5-13(2)6-10-15;1-5-6-10-7-8-11(9-10)12(2,3)4;;;/h7-13H,1-6H3;3-10H,1-2H3;8-10H,5-6H2,1-4H3;2*1H;/q-1;;-1;;;+2/p-2. The molecule has 0 amide bonds.